The first-order valence-corrected chi connectivity index (χ1v) is 10.6. The number of halogens is 2. The van der Waals surface area contributed by atoms with Gasteiger partial charge in [0.2, 0.25) is 0 Å². The summed E-state index contributed by atoms with van der Waals surface area (Å²) in [7, 11) is 4.40. The summed E-state index contributed by atoms with van der Waals surface area (Å²) in [5.74, 6) is -0.129. The van der Waals surface area contributed by atoms with Crippen LogP contribution in [0.25, 0.3) is 16.9 Å². The summed E-state index contributed by atoms with van der Waals surface area (Å²) in [6, 6.07) is 6.46. The molecule has 1 aromatic carbocycles. The van der Waals surface area contributed by atoms with Gasteiger partial charge in [-0.15, -0.1) is 0 Å². The lowest BCUT2D eigenvalue weighted by molar-refractivity contribution is -0.121. The third-order valence-electron chi connectivity index (χ3n) is 5.33. The van der Waals surface area contributed by atoms with Crippen LogP contribution in [0.4, 0.5) is 8.78 Å². The molecule has 3 aromatic rings. The van der Waals surface area contributed by atoms with Crippen LogP contribution in [-0.2, 0) is 9.47 Å². The second-order valence-electron chi connectivity index (χ2n) is 7.62. The van der Waals surface area contributed by atoms with Crippen molar-refractivity contribution >= 4 is 11.6 Å². The van der Waals surface area contributed by atoms with Crippen molar-refractivity contribution in [1.82, 2.24) is 14.7 Å². The van der Waals surface area contributed by atoms with E-state index < -0.39 is 18.8 Å². The largest absolute Gasteiger partial charge is 0.496 e. The van der Waals surface area contributed by atoms with Crippen LogP contribution in [0.2, 0.25) is 0 Å². The number of carbonyl (C=O) groups is 1. The zero-order valence-corrected chi connectivity index (χ0v) is 18.9. The van der Waals surface area contributed by atoms with Crippen molar-refractivity contribution in [2.24, 2.45) is 0 Å². The molecule has 1 aliphatic carbocycles. The number of fused-ring (bicyclic) bond motifs is 1. The van der Waals surface area contributed by atoms with Gasteiger partial charge in [-0.1, -0.05) is 0 Å². The number of hydrogen-bond donors (Lipinski definition) is 1. The van der Waals surface area contributed by atoms with Gasteiger partial charge in [-0.3, -0.25) is 9.20 Å². The Morgan fingerprint density at radius 1 is 1.18 bits per heavy atom. The molecular formula is C23H25F2N3O6. The van der Waals surface area contributed by atoms with E-state index >= 15 is 0 Å². The van der Waals surface area contributed by atoms with E-state index in [2.05, 4.69) is 10.3 Å². The van der Waals surface area contributed by atoms with Crippen LogP contribution in [0.3, 0.4) is 0 Å². The van der Waals surface area contributed by atoms with E-state index in [-0.39, 0.29) is 29.7 Å². The number of nitrogens with zero attached hydrogens (tertiary/aromatic N) is 2. The van der Waals surface area contributed by atoms with E-state index in [0.717, 1.165) is 12.8 Å². The third-order valence-corrected chi connectivity index (χ3v) is 5.33. The van der Waals surface area contributed by atoms with Crippen molar-refractivity contribution in [3.05, 3.63) is 42.2 Å². The molecule has 0 spiro atoms. The highest BCUT2D eigenvalue weighted by atomic mass is 19.3. The zero-order valence-electron chi connectivity index (χ0n) is 18.9. The van der Waals surface area contributed by atoms with E-state index in [1.807, 2.05) is 0 Å². The predicted molar refractivity (Wildman–Crippen MR) is 118 cm³/mol. The second kappa shape index (κ2) is 10.2. The number of imidazole rings is 1. The van der Waals surface area contributed by atoms with Crippen LogP contribution in [0.15, 0.2) is 36.7 Å². The Morgan fingerprint density at radius 2 is 1.91 bits per heavy atom. The summed E-state index contributed by atoms with van der Waals surface area (Å²) < 4.78 is 54.1. The fraction of sp³-hybridized carbons (Fsp3) is 0.391. The van der Waals surface area contributed by atoms with E-state index in [0.29, 0.717) is 22.7 Å². The Hall–Kier alpha value is -3.44. The van der Waals surface area contributed by atoms with Crippen molar-refractivity contribution < 1.29 is 37.3 Å². The molecule has 0 unspecified atom stereocenters. The number of ether oxygens (including phenoxy) is 5. The first-order valence-electron chi connectivity index (χ1n) is 10.6. The minimum absolute atomic E-state index is 0.0366. The molecular weight excluding hydrogens is 452 g/mol. The molecule has 11 heteroatoms. The molecule has 1 amide bonds. The first kappa shape index (κ1) is 23.7. The number of carbonyl (C=O) groups excluding carboxylic acids is 1. The summed E-state index contributed by atoms with van der Waals surface area (Å²) >= 11 is 0. The number of alkyl halides is 2. The molecule has 9 nitrogen and oxygen atoms in total. The molecule has 1 saturated carbocycles. The lowest BCUT2D eigenvalue weighted by atomic mass is 10.1. The maximum Gasteiger partial charge on any atom is 0.387 e. The van der Waals surface area contributed by atoms with Gasteiger partial charge in [0.05, 0.1) is 19.0 Å². The topological polar surface area (TPSA) is 92.6 Å². The van der Waals surface area contributed by atoms with Gasteiger partial charge in [-0.05, 0) is 31.0 Å². The minimum atomic E-state index is -3.11. The Kier molecular flexibility index (Phi) is 7.13. The normalized spacial score (nSPS) is 13.5. The molecule has 0 atom stereocenters. The molecule has 0 saturated heterocycles. The monoisotopic (exact) mass is 477 g/mol. The summed E-state index contributed by atoms with van der Waals surface area (Å²) in [5.41, 5.74) is 1.55. The number of nitrogens with one attached hydrogen (secondary N) is 1. The summed E-state index contributed by atoms with van der Waals surface area (Å²) in [5, 5.41) is 2.78. The highest BCUT2D eigenvalue weighted by Gasteiger charge is 2.29. The van der Waals surface area contributed by atoms with Crippen LogP contribution in [-0.4, -0.2) is 62.2 Å². The molecule has 0 aliphatic heterocycles. The van der Waals surface area contributed by atoms with Crippen LogP contribution in [0.5, 0.6) is 17.2 Å². The highest BCUT2D eigenvalue weighted by Crippen LogP contribution is 2.37. The van der Waals surface area contributed by atoms with E-state index in [1.54, 1.807) is 35.0 Å². The molecule has 34 heavy (non-hydrogen) atoms. The van der Waals surface area contributed by atoms with E-state index in [9.17, 15) is 13.6 Å². The van der Waals surface area contributed by atoms with Crippen LogP contribution in [0.1, 0.15) is 23.2 Å². The number of pyridine rings is 1. The third kappa shape index (κ3) is 5.20. The number of benzene rings is 1. The molecule has 1 aliphatic rings. The Bertz CT molecular complexity index is 1160. The number of aromatic nitrogens is 2. The molecule has 0 bridgehead atoms. The average Bonchev–Trinajstić information content (AvgIpc) is 3.53. The zero-order chi connectivity index (χ0) is 24.2. The van der Waals surface area contributed by atoms with Crippen LogP contribution < -0.4 is 19.5 Å². The fourth-order valence-corrected chi connectivity index (χ4v) is 3.46. The van der Waals surface area contributed by atoms with Crippen LogP contribution >= 0.6 is 0 Å². The SMILES string of the molecule is COc1cc(-c2cnc3cc(OCC(OC)OC)ccn23)cc(OC(F)F)c1C(=O)NC1CC1. The van der Waals surface area contributed by atoms with Crippen molar-refractivity contribution in [1.29, 1.82) is 0 Å². The number of amides is 1. The van der Waals surface area contributed by atoms with E-state index in [4.69, 9.17) is 23.7 Å². The van der Waals surface area contributed by atoms with Crippen molar-refractivity contribution in [3.63, 3.8) is 0 Å². The number of methoxy groups -OCH3 is 3. The van der Waals surface area contributed by atoms with Gasteiger partial charge in [0.15, 0.2) is 6.29 Å². The number of hydrogen-bond acceptors (Lipinski definition) is 7. The highest BCUT2D eigenvalue weighted by molar-refractivity contribution is 6.01. The fourth-order valence-electron chi connectivity index (χ4n) is 3.46. The average molecular weight is 477 g/mol. The maximum absolute atomic E-state index is 13.2. The van der Waals surface area contributed by atoms with Gasteiger partial charge in [0, 0.05) is 38.1 Å². The molecule has 0 radical (unpaired) electrons. The molecule has 4 rings (SSSR count). The summed E-state index contributed by atoms with van der Waals surface area (Å²) in [6.45, 7) is -2.93. The van der Waals surface area contributed by atoms with Crippen molar-refractivity contribution in [2.75, 3.05) is 27.9 Å². The van der Waals surface area contributed by atoms with Crippen molar-refractivity contribution in [2.45, 2.75) is 31.8 Å². The lowest BCUT2D eigenvalue weighted by Crippen LogP contribution is -2.26. The molecule has 182 valence electrons. The smallest absolute Gasteiger partial charge is 0.387 e. The van der Waals surface area contributed by atoms with Gasteiger partial charge in [-0.2, -0.15) is 8.78 Å². The Morgan fingerprint density at radius 3 is 2.56 bits per heavy atom. The summed E-state index contributed by atoms with van der Waals surface area (Å²) in [6.07, 6.45) is 4.50. The quantitative estimate of drug-likeness (QED) is 0.423. The summed E-state index contributed by atoms with van der Waals surface area (Å²) in [4.78, 5) is 17.1. The molecule has 1 N–H and O–H groups in total. The van der Waals surface area contributed by atoms with Crippen molar-refractivity contribution in [3.8, 4) is 28.5 Å². The number of rotatable bonds is 11. The van der Waals surface area contributed by atoms with Gasteiger partial charge in [0.1, 0.15) is 35.1 Å². The standard InChI is InChI=1S/C23H25F2N3O6/c1-30-17-8-13(9-18(34-23(24)25)21(17)22(29)27-14-4-5-14)16-11-26-19-10-15(6-7-28(16)19)33-12-20(31-2)32-3/h6-11,14,20,23H,4-5,12H2,1-3H3,(H,27,29). The first-order chi connectivity index (χ1) is 16.4. The molecule has 2 aromatic heterocycles. The second-order valence-corrected chi connectivity index (χ2v) is 7.62. The molecule has 1 fully saturated rings. The van der Waals surface area contributed by atoms with Gasteiger partial charge in [-0.25, -0.2) is 4.98 Å². The Labute approximate surface area is 194 Å². The maximum atomic E-state index is 13.2. The van der Waals surface area contributed by atoms with Gasteiger partial charge < -0.3 is 29.0 Å². The van der Waals surface area contributed by atoms with Crippen LogP contribution in [0, 0.1) is 0 Å². The van der Waals surface area contributed by atoms with Gasteiger partial charge in [0.25, 0.3) is 5.91 Å². The minimum Gasteiger partial charge on any atom is -0.496 e. The molecule has 2 heterocycles. The van der Waals surface area contributed by atoms with Gasteiger partial charge >= 0.3 is 6.61 Å². The van der Waals surface area contributed by atoms with E-state index in [1.165, 1.54) is 27.4 Å². The Balaban J connectivity index is 1.68. The lowest BCUT2D eigenvalue weighted by Gasteiger charge is -2.16. The predicted octanol–water partition coefficient (Wildman–Crippen LogP) is 3.50.